The van der Waals surface area contributed by atoms with Gasteiger partial charge >= 0.3 is 0 Å². The molecule has 3 fully saturated rings. The zero-order valence-corrected chi connectivity index (χ0v) is 30.0. The lowest BCUT2D eigenvalue weighted by Crippen LogP contribution is -2.43. The number of methoxy groups -OCH3 is 1. The SMILES string of the molecule is COc1cccc(O)c1[C@H]1C2=CC[C@@H]3C(=O)N(c4ccc(Nc5ccccc5)cc4)C(=O)[C@@H]3[C@@H]2C[C@H]2C(=O)N(c3ccc(Nc4ccccc4)cc3)C(=O)[C@@H]12. The first kappa shape index (κ1) is 34.1. The average molecular weight is 731 g/mol. The standard InChI is InChI=1S/C45H38N4O6/c1-55-37-14-8-13-36(50)41(37)39-32-23-24-33-38(44(53)48(42(33)51)30-19-15-28(16-20-30)46-26-9-4-2-5-10-26)34(32)25-35-40(39)45(54)49(43(35)52)31-21-17-29(18-22-31)47-27-11-6-3-7-12-27/h2-23,33-35,38-40,46-47,50H,24-25H2,1H3/t33-,34+,35+,38-,39-,40+/m0/s1. The van der Waals surface area contributed by atoms with E-state index in [9.17, 15) is 24.3 Å². The van der Waals surface area contributed by atoms with Gasteiger partial charge in [-0.05, 0) is 104 Å². The van der Waals surface area contributed by atoms with Crippen LogP contribution < -0.4 is 25.2 Å². The minimum Gasteiger partial charge on any atom is -0.508 e. The van der Waals surface area contributed by atoms with Crippen molar-refractivity contribution in [3.8, 4) is 11.5 Å². The zero-order valence-electron chi connectivity index (χ0n) is 30.0. The van der Waals surface area contributed by atoms with Crippen LogP contribution in [0.3, 0.4) is 0 Å². The topological polar surface area (TPSA) is 128 Å². The number of para-hydroxylation sites is 2. The van der Waals surface area contributed by atoms with Gasteiger partial charge in [0.1, 0.15) is 11.5 Å². The summed E-state index contributed by atoms with van der Waals surface area (Å²) in [5, 5.41) is 18.1. The van der Waals surface area contributed by atoms with Gasteiger partial charge < -0.3 is 20.5 Å². The second kappa shape index (κ2) is 13.6. The highest BCUT2D eigenvalue weighted by Crippen LogP contribution is 2.60. The van der Waals surface area contributed by atoms with E-state index < -0.39 is 35.5 Å². The number of anilines is 6. The summed E-state index contributed by atoms with van der Waals surface area (Å²) in [6, 6.07) is 38.6. The fourth-order valence-electron chi connectivity index (χ4n) is 9.21. The number of amides is 4. The predicted molar refractivity (Wildman–Crippen MR) is 209 cm³/mol. The van der Waals surface area contributed by atoms with Crippen molar-refractivity contribution in [2.24, 2.45) is 29.6 Å². The van der Waals surface area contributed by atoms with Crippen molar-refractivity contribution >= 4 is 57.8 Å². The summed E-state index contributed by atoms with van der Waals surface area (Å²) in [5.41, 5.74) is 5.50. The van der Waals surface area contributed by atoms with Gasteiger partial charge in [-0.15, -0.1) is 0 Å². The van der Waals surface area contributed by atoms with E-state index in [2.05, 4.69) is 10.6 Å². The van der Waals surface area contributed by atoms with E-state index in [0.29, 0.717) is 22.7 Å². The Morgan fingerprint density at radius 3 is 1.62 bits per heavy atom. The Balaban J connectivity index is 1.06. The lowest BCUT2D eigenvalue weighted by molar-refractivity contribution is -0.126. The van der Waals surface area contributed by atoms with Gasteiger partial charge in [0, 0.05) is 34.2 Å². The number of nitrogens with zero attached hydrogens (tertiary/aromatic N) is 2. The molecule has 5 aromatic rings. The summed E-state index contributed by atoms with van der Waals surface area (Å²) in [7, 11) is 1.50. The number of hydrogen-bond acceptors (Lipinski definition) is 8. The number of carbonyl (C=O) groups is 4. The van der Waals surface area contributed by atoms with Crippen molar-refractivity contribution in [3.05, 3.63) is 145 Å². The summed E-state index contributed by atoms with van der Waals surface area (Å²) < 4.78 is 5.75. The van der Waals surface area contributed by atoms with E-state index >= 15 is 0 Å². The molecular formula is C45H38N4O6. The van der Waals surface area contributed by atoms with Gasteiger partial charge in [-0.1, -0.05) is 54.1 Å². The summed E-state index contributed by atoms with van der Waals surface area (Å²) in [6.45, 7) is 0. The molecule has 10 nitrogen and oxygen atoms in total. The number of nitrogens with one attached hydrogen (secondary N) is 2. The second-order valence-corrected chi connectivity index (χ2v) is 14.5. The molecule has 4 amide bonds. The number of phenols is 1. The first-order chi connectivity index (χ1) is 26.8. The van der Waals surface area contributed by atoms with Crippen LogP contribution in [-0.4, -0.2) is 35.8 Å². The molecular weight excluding hydrogens is 693 g/mol. The molecule has 5 aromatic carbocycles. The molecule has 10 heteroatoms. The lowest BCUT2D eigenvalue weighted by atomic mass is 9.57. The Morgan fingerprint density at radius 2 is 1.07 bits per heavy atom. The number of phenolic OH excluding ortho intramolecular Hbond substituents is 1. The Bertz CT molecular complexity index is 2350. The average Bonchev–Trinajstić information content (AvgIpc) is 3.62. The number of rotatable bonds is 8. The normalized spacial score (nSPS) is 24.2. The van der Waals surface area contributed by atoms with E-state index in [-0.39, 0.29) is 42.2 Å². The monoisotopic (exact) mass is 730 g/mol. The van der Waals surface area contributed by atoms with E-state index in [1.807, 2.05) is 91.0 Å². The maximum atomic E-state index is 14.6. The summed E-state index contributed by atoms with van der Waals surface area (Å²) >= 11 is 0. The van der Waals surface area contributed by atoms with Gasteiger partial charge in [0.15, 0.2) is 0 Å². The van der Waals surface area contributed by atoms with Crippen LogP contribution in [-0.2, 0) is 19.2 Å². The molecule has 2 heterocycles. The van der Waals surface area contributed by atoms with Crippen molar-refractivity contribution in [3.63, 3.8) is 0 Å². The largest absolute Gasteiger partial charge is 0.508 e. The molecule has 0 aromatic heterocycles. The highest BCUT2D eigenvalue weighted by atomic mass is 16.5. The quantitative estimate of drug-likeness (QED) is 0.109. The molecule has 3 N–H and O–H groups in total. The fourth-order valence-corrected chi connectivity index (χ4v) is 9.21. The van der Waals surface area contributed by atoms with Crippen LogP contribution in [0.1, 0.15) is 24.3 Å². The number of ether oxygens (including phenoxy) is 1. The molecule has 2 aliphatic heterocycles. The lowest BCUT2D eigenvalue weighted by Gasteiger charge is -2.44. The van der Waals surface area contributed by atoms with E-state index in [0.717, 1.165) is 28.3 Å². The van der Waals surface area contributed by atoms with E-state index in [1.54, 1.807) is 42.5 Å². The van der Waals surface area contributed by atoms with Gasteiger partial charge in [-0.25, -0.2) is 0 Å². The minimum atomic E-state index is -0.858. The predicted octanol–water partition coefficient (Wildman–Crippen LogP) is 7.93. The smallest absolute Gasteiger partial charge is 0.238 e. The number of fused-ring (bicyclic) bond motifs is 4. The molecule has 4 aliphatic rings. The van der Waals surface area contributed by atoms with Crippen molar-refractivity contribution in [2.45, 2.75) is 18.8 Å². The van der Waals surface area contributed by atoms with Gasteiger partial charge in [-0.3, -0.25) is 29.0 Å². The number of aromatic hydroxyl groups is 1. The molecule has 274 valence electrons. The molecule has 9 rings (SSSR count). The van der Waals surface area contributed by atoms with E-state index in [4.69, 9.17) is 4.74 Å². The molecule has 0 radical (unpaired) electrons. The first-order valence-corrected chi connectivity index (χ1v) is 18.5. The van der Waals surface area contributed by atoms with Crippen molar-refractivity contribution in [1.29, 1.82) is 0 Å². The number of hydrogen-bond donors (Lipinski definition) is 3. The number of imide groups is 2. The number of carbonyl (C=O) groups excluding carboxylic acids is 4. The van der Waals surface area contributed by atoms with E-state index in [1.165, 1.54) is 16.9 Å². The van der Waals surface area contributed by atoms with Crippen LogP contribution in [0.15, 0.2) is 139 Å². The molecule has 2 saturated heterocycles. The Morgan fingerprint density at radius 1 is 0.564 bits per heavy atom. The van der Waals surface area contributed by atoms with Crippen LogP contribution in [0.5, 0.6) is 11.5 Å². The first-order valence-electron chi connectivity index (χ1n) is 18.5. The van der Waals surface area contributed by atoms with Crippen LogP contribution in [0.2, 0.25) is 0 Å². The summed E-state index contributed by atoms with van der Waals surface area (Å²) in [6.07, 6.45) is 2.47. The number of allylic oxidation sites excluding steroid dienone is 2. The highest BCUT2D eigenvalue weighted by Gasteiger charge is 2.63. The van der Waals surface area contributed by atoms with Crippen LogP contribution in [0.4, 0.5) is 34.1 Å². The Labute approximate surface area is 318 Å². The van der Waals surface area contributed by atoms with Gasteiger partial charge in [0.05, 0.1) is 42.2 Å². The molecule has 6 atom stereocenters. The highest BCUT2D eigenvalue weighted by molar-refractivity contribution is 6.24. The van der Waals surface area contributed by atoms with Crippen LogP contribution in [0, 0.1) is 29.6 Å². The van der Waals surface area contributed by atoms with Gasteiger partial charge in [0.2, 0.25) is 23.6 Å². The maximum Gasteiger partial charge on any atom is 0.238 e. The molecule has 0 bridgehead atoms. The molecule has 55 heavy (non-hydrogen) atoms. The third-order valence-corrected chi connectivity index (χ3v) is 11.6. The Kier molecular flexibility index (Phi) is 8.45. The molecule has 2 aliphatic carbocycles. The van der Waals surface area contributed by atoms with Gasteiger partial charge in [0.25, 0.3) is 0 Å². The van der Waals surface area contributed by atoms with Crippen molar-refractivity contribution < 1.29 is 29.0 Å². The van der Waals surface area contributed by atoms with Crippen LogP contribution in [0.25, 0.3) is 0 Å². The van der Waals surface area contributed by atoms with Crippen molar-refractivity contribution in [2.75, 3.05) is 27.5 Å². The van der Waals surface area contributed by atoms with Gasteiger partial charge in [-0.2, -0.15) is 0 Å². The second-order valence-electron chi connectivity index (χ2n) is 14.5. The molecule has 0 unspecified atom stereocenters. The van der Waals surface area contributed by atoms with Crippen molar-refractivity contribution in [1.82, 2.24) is 0 Å². The molecule has 0 spiro atoms. The maximum absolute atomic E-state index is 14.6. The third-order valence-electron chi connectivity index (χ3n) is 11.6. The minimum absolute atomic E-state index is 0.0681. The third kappa shape index (κ3) is 5.72. The number of benzene rings is 5. The fraction of sp³-hybridized carbons (Fsp3) is 0.200. The summed E-state index contributed by atoms with van der Waals surface area (Å²) in [4.78, 5) is 60.3. The summed E-state index contributed by atoms with van der Waals surface area (Å²) in [5.74, 6) is -5.36. The Hall–Kier alpha value is -6.68. The molecule has 1 saturated carbocycles. The van der Waals surface area contributed by atoms with Crippen LogP contribution >= 0.6 is 0 Å². The zero-order chi connectivity index (χ0) is 37.8.